The van der Waals surface area contributed by atoms with Gasteiger partial charge in [-0.3, -0.25) is 9.79 Å². The van der Waals surface area contributed by atoms with E-state index in [4.69, 9.17) is 4.74 Å². The Labute approximate surface area is 151 Å². The highest BCUT2D eigenvalue weighted by Gasteiger charge is 2.28. The summed E-state index contributed by atoms with van der Waals surface area (Å²) < 4.78 is 4.86. The van der Waals surface area contributed by atoms with Crippen molar-refractivity contribution in [1.29, 1.82) is 0 Å². The summed E-state index contributed by atoms with van der Waals surface area (Å²) in [6.45, 7) is 9.03. The first-order valence-corrected chi connectivity index (χ1v) is 8.98. The van der Waals surface area contributed by atoms with E-state index in [1.54, 1.807) is 0 Å². The molecule has 1 aliphatic heterocycles. The molecule has 5 heteroatoms. The van der Waals surface area contributed by atoms with Crippen molar-refractivity contribution in [3.05, 3.63) is 35.4 Å². The van der Waals surface area contributed by atoms with Gasteiger partial charge in [-0.2, -0.15) is 0 Å². The summed E-state index contributed by atoms with van der Waals surface area (Å²) in [6, 6.07) is 8.70. The standard InChI is InChI=1S/C20H31N3O2/c1-15-6-8-17(9-7-15)20(2,3)14-22-19(21-4)23-12-10-16(11-13-23)18(24)25-5/h6-9,16H,10-14H2,1-5H3,(H,21,22). The number of guanidine groups is 1. The van der Waals surface area contributed by atoms with Gasteiger partial charge in [0.25, 0.3) is 0 Å². The van der Waals surface area contributed by atoms with Crippen LogP contribution >= 0.6 is 0 Å². The van der Waals surface area contributed by atoms with Crippen molar-refractivity contribution < 1.29 is 9.53 Å². The third-order valence-corrected chi connectivity index (χ3v) is 5.06. The molecule has 0 radical (unpaired) electrons. The van der Waals surface area contributed by atoms with E-state index in [9.17, 15) is 4.79 Å². The molecule has 1 heterocycles. The lowest BCUT2D eigenvalue weighted by molar-refractivity contribution is -0.146. The number of ether oxygens (including phenoxy) is 1. The Morgan fingerprint density at radius 2 is 1.88 bits per heavy atom. The molecule has 0 aliphatic carbocycles. The van der Waals surface area contributed by atoms with Crippen LogP contribution in [-0.2, 0) is 14.9 Å². The van der Waals surface area contributed by atoms with Gasteiger partial charge in [0.15, 0.2) is 5.96 Å². The minimum atomic E-state index is -0.0944. The number of hydrogen-bond donors (Lipinski definition) is 1. The van der Waals surface area contributed by atoms with Crippen LogP contribution in [0.3, 0.4) is 0 Å². The summed E-state index contributed by atoms with van der Waals surface area (Å²) in [7, 11) is 3.27. The van der Waals surface area contributed by atoms with E-state index >= 15 is 0 Å². The van der Waals surface area contributed by atoms with Gasteiger partial charge >= 0.3 is 5.97 Å². The molecule has 138 valence electrons. The number of carbonyl (C=O) groups excluding carboxylic acids is 1. The molecule has 1 aromatic rings. The lowest BCUT2D eigenvalue weighted by atomic mass is 9.84. The van der Waals surface area contributed by atoms with Crippen LogP contribution in [0.1, 0.15) is 37.8 Å². The van der Waals surface area contributed by atoms with Crippen molar-refractivity contribution in [2.24, 2.45) is 10.9 Å². The van der Waals surface area contributed by atoms with Gasteiger partial charge < -0.3 is 15.0 Å². The molecule has 1 aromatic carbocycles. The number of nitrogens with one attached hydrogen (secondary N) is 1. The number of hydrogen-bond acceptors (Lipinski definition) is 3. The summed E-state index contributed by atoms with van der Waals surface area (Å²) in [5.41, 5.74) is 2.59. The van der Waals surface area contributed by atoms with Crippen LogP contribution in [0.4, 0.5) is 0 Å². The molecule has 0 bridgehead atoms. The second kappa shape index (κ2) is 8.37. The third kappa shape index (κ3) is 4.97. The molecular formula is C20H31N3O2. The maximum Gasteiger partial charge on any atom is 0.308 e. The number of aliphatic imine (C=N–C) groups is 1. The van der Waals surface area contributed by atoms with Crippen molar-refractivity contribution in [2.45, 2.75) is 39.0 Å². The molecule has 0 unspecified atom stereocenters. The highest BCUT2D eigenvalue weighted by atomic mass is 16.5. The Balaban J connectivity index is 1.92. The zero-order valence-electron chi connectivity index (χ0n) is 16.1. The van der Waals surface area contributed by atoms with Crippen molar-refractivity contribution in [3.8, 4) is 0 Å². The Morgan fingerprint density at radius 1 is 1.28 bits per heavy atom. The van der Waals surface area contributed by atoms with Gasteiger partial charge in [-0.1, -0.05) is 43.7 Å². The number of carbonyl (C=O) groups is 1. The number of piperidine rings is 1. The molecule has 1 N–H and O–H groups in total. The number of likely N-dealkylation sites (tertiary alicyclic amines) is 1. The second-order valence-corrected chi connectivity index (χ2v) is 7.44. The molecule has 2 rings (SSSR count). The smallest absolute Gasteiger partial charge is 0.308 e. The highest BCUT2D eigenvalue weighted by molar-refractivity contribution is 5.80. The van der Waals surface area contributed by atoms with Crippen LogP contribution in [-0.4, -0.2) is 50.6 Å². The Bertz CT molecular complexity index is 600. The van der Waals surface area contributed by atoms with Crippen molar-refractivity contribution in [2.75, 3.05) is 33.8 Å². The van der Waals surface area contributed by atoms with Crippen LogP contribution in [0.25, 0.3) is 0 Å². The van der Waals surface area contributed by atoms with E-state index < -0.39 is 0 Å². The first-order chi connectivity index (χ1) is 11.9. The van der Waals surface area contributed by atoms with Gasteiger partial charge in [0, 0.05) is 32.1 Å². The minimum Gasteiger partial charge on any atom is -0.469 e. The Morgan fingerprint density at radius 3 is 2.40 bits per heavy atom. The first kappa shape index (κ1) is 19.3. The Hall–Kier alpha value is -2.04. The zero-order chi connectivity index (χ0) is 18.4. The lowest BCUT2D eigenvalue weighted by Crippen LogP contribution is -2.49. The predicted molar refractivity (Wildman–Crippen MR) is 102 cm³/mol. The van der Waals surface area contributed by atoms with Crippen molar-refractivity contribution in [1.82, 2.24) is 10.2 Å². The fraction of sp³-hybridized carbons (Fsp3) is 0.600. The number of methoxy groups -OCH3 is 1. The minimum absolute atomic E-state index is 0.00792. The molecule has 0 spiro atoms. The molecular weight excluding hydrogens is 314 g/mol. The normalized spacial score (nSPS) is 16.7. The van der Waals surface area contributed by atoms with E-state index in [1.807, 2.05) is 7.05 Å². The third-order valence-electron chi connectivity index (χ3n) is 5.06. The lowest BCUT2D eigenvalue weighted by Gasteiger charge is -2.35. The SMILES string of the molecule is CN=C(NCC(C)(C)c1ccc(C)cc1)N1CCC(C(=O)OC)CC1. The van der Waals surface area contributed by atoms with E-state index in [0.717, 1.165) is 38.4 Å². The highest BCUT2D eigenvalue weighted by Crippen LogP contribution is 2.23. The number of nitrogens with zero attached hydrogens (tertiary/aromatic N) is 2. The van der Waals surface area contributed by atoms with Crippen molar-refractivity contribution >= 4 is 11.9 Å². The molecule has 0 amide bonds. The topological polar surface area (TPSA) is 53.9 Å². The van der Waals surface area contributed by atoms with Crippen LogP contribution in [0.2, 0.25) is 0 Å². The fourth-order valence-corrected chi connectivity index (χ4v) is 3.23. The molecule has 0 saturated carbocycles. The van der Waals surface area contributed by atoms with Gasteiger partial charge in [-0.15, -0.1) is 0 Å². The molecule has 0 atom stereocenters. The summed E-state index contributed by atoms with van der Waals surface area (Å²) in [5.74, 6) is 0.829. The number of benzene rings is 1. The van der Waals surface area contributed by atoms with Gasteiger partial charge in [0.1, 0.15) is 0 Å². The van der Waals surface area contributed by atoms with Crippen molar-refractivity contribution in [3.63, 3.8) is 0 Å². The predicted octanol–water partition coefficient (Wildman–Crippen LogP) is 2.73. The maximum absolute atomic E-state index is 11.7. The average Bonchev–Trinajstić information content (AvgIpc) is 2.62. The van der Waals surface area contributed by atoms with Gasteiger partial charge in [-0.05, 0) is 25.3 Å². The van der Waals surface area contributed by atoms with Crippen LogP contribution in [0.15, 0.2) is 29.3 Å². The van der Waals surface area contributed by atoms with E-state index in [1.165, 1.54) is 18.2 Å². The van der Waals surface area contributed by atoms with Gasteiger partial charge in [0.05, 0.1) is 13.0 Å². The molecule has 25 heavy (non-hydrogen) atoms. The molecule has 1 fully saturated rings. The second-order valence-electron chi connectivity index (χ2n) is 7.44. The van der Waals surface area contributed by atoms with E-state index in [-0.39, 0.29) is 17.3 Å². The molecule has 1 saturated heterocycles. The summed E-state index contributed by atoms with van der Waals surface area (Å²) >= 11 is 0. The zero-order valence-corrected chi connectivity index (χ0v) is 16.1. The average molecular weight is 345 g/mol. The largest absolute Gasteiger partial charge is 0.469 e. The van der Waals surface area contributed by atoms with Crippen LogP contribution in [0.5, 0.6) is 0 Å². The van der Waals surface area contributed by atoms with Gasteiger partial charge in [0.2, 0.25) is 0 Å². The van der Waals surface area contributed by atoms with Gasteiger partial charge in [-0.25, -0.2) is 0 Å². The first-order valence-electron chi connectivity index (χ1n) is 8.98. The molecule has 0 aromatic heterocycles. The maximum atomic E-state index is 11.7. The number of esters is 1. The molecule has 1 aliphatic rings. The monoisotopic (exact) mass is 345 g/mol. The van der Waals surface area contributed by atoms with E-state index in [0.29, 0.717) is 0 Å². The fourth-order valence-electron chi connectivity index (χ4n) is 3.23. The van der Waals surface area contributed by atoms with Crippen LogP contribution in [0, 0.1) is 12.8 Å². The summed E-state index contributed by atoms with van der Waals surface area (Å²) in [5, 5.41) is 3.51. The molecule has 5 nitrogen and oxygen atoms in total. The number of aryl methyl sites for hydroxylation is 1. The summed E-state index contributed by atoms with van der Waals surface area (Å²) in [6.07, 6.45) is 1.63. The van der Waals surface area contributed by atoms with E-state index in [2.05, 4.69) is 60.2 Å². The summed E-state index contributed by atoms with van der Waals surface area (Å²) in [4.78, 5) is 18.3. The quantitative estimate of drug-likeness (QED) is 0.518. The van der Waals surface area contributed by atoms with Crippen LogP contribution < -0.4 is 5.32 Å². The Kier molecular flexibility index (Phi) is 6.45. The number of rotatable bonds is 4.